The van der Waals surface area contributed by atoms with Gasteiger partial charge < -0.3 is 21.7 Å². The van der Waals surface area contributed by atoms with E-state index in [1.54, 1.807) is 6.92 Å². The van der Waals surface area contributed by atoms with Crippen LogP contribution in [0.1, 0.15) is 13.3 Å². The van der Waals surface area contributed by atoms with Crippen LogP contribution < -0.4 is 11.5 Å². The normalized spacial score (nSPS) is 16.4. The molecule has 94 valence electrons. The van der Waals surface area contributed by atoms with Crippen LogP contribution in [0, 0.1) is 5.41 Å². The first-order valence-electron chi connectivity index (χ1n) is 4.80. The molecule has 2 unspecified atom stereocenters. The maximum absolute atomic E-state index is 11.0. The second-order valence-corrected chi connectivity index (χ2v) is 4.97. The number of aliphatic carboxylic acids is 1. The van der Waals surface area contributed by atoms with Gasteiger partial charge in [0.2, 0.25) is 5.91 Å². The molecule has 0 saturated carbocycles. The molecule has 0 radical (unpaired) electrons. The van der Waals surface area contributed by atoms with E-state index in [1.165, 1.54) is 11.8 Å². The number of carbonyl (C=O) groups excluding carboxylic acids is 1. The largest absolute Gasteiger partial charge is 0.480 e. The second-order valence-electron chi connectivity index (χ2n) is 3.87. The van der Waals surface area contributed by atoms with Gasteiger partial charge in [-0.2, -0.15) is 11.8 Å². The summed E-state index contributed by atoms with van der Waals surface area (Å²) in [6.45, 7) is 1.25. The minimum Gasteiger partial charge on any atom is -0.480 e. The Kier molecular flexibility index (Phi) is 6.39. The maximum atomic E-state index is 11.0. The molecule has 0 saturated heterocycles. The number of carboxylic acid groups (broad SMARTS) is 1. The molecule has 0 aromatic carbocycles. The lowest BCUT2D eigenvalue weighted by Gasteiger charge is -2.22. The molecule has 0 spiro atoms. The number of primary amides is 1. The fourth-order valence-electron chi connectivity index (χ4n) is 0.826. The zero-order chi connectivity index (χ0) is 12.8. The topological polar surface area (TPSA) is 127 Å². The van der Waals surface area contributed by atoms with E-state index in [4.69, 9.17) is 21.7 Å². The number of carboxylic acids is 1. The van der Waals surface area contributed by atoms with Crippen molar-refractivity contribution in [3.8, 4) is 0 Å². The number of hydrogen-bond donors (Lipinski definition) is 4. The van der Waals surface area contributed by atoms with Crippen molar-refractivity contribution in [2.24, 2.45) is 16.9 Å². The Labute approximate surface area is 98.4 Å². The van der Waals surface area contributed by atoms with Crippen molar-refractivity contribution in [1.29, 1.82) is 0 Å². The zero-order valence-corrected chi connectivity index (χ0v) is 10.00. The van der Waals surface area contributed by atoms with Gasteiger partial charge >= 0.3 is 5.97 Å². The van der Waals surface area contributed by atoms with E-state index >= 15 is 0 Å². The third kappa shape index (κ3) is 4.82. The van der Waals surface area contributed by atoms with Crippen molar-refractivity contribution in [3.63, 3.8) is 0 Å². The van der Waals surface area contributed by atoms with Crippen LogP contribution in [0.5, 0.6) is 0 Å². The number of aliphatic hydroxyl groups excluding tert-OH is 1. The Morgan fingerprint density at radius 2 is 2.06 bits per heavy atom. The van der Waals surface area contributed by atoms with E-state index in [2.05, 4.69) is 0 Å². The highest BCUT2D eigenvalue weighted by Gasteiger charge is 2.30. The molecule has 7 heteroatoms. The van der Waals surface area contributed by atoms with Crippen LogP contribution in [0.2, 0.25) is 0 Å². The number of nitrogens with two attached hydrogens (primary N) is 2. The highest BCUT2D eigenvalue weighted by atomic mass is 32.2. The quantitative estimate of drug-likeness (QED) is 0.409. The highest BCUT2D eigenvalue weighted by molar-refractivity contribution is 7.99. The molecule has 16 heavy (non-hydrogen) atoms. The van der Waals surface area contributed by atoms with Gasteiger partial charge in [0.05, 0.1) is 12.0 Å². The van der Waals surface area contributed by atoms with E-state index < -0.39 is 23.3 Å². The summed E-state index contributed by atoms with van der Waals surface area (Å²) in [7, 11) is 0. The van der Waals surface area contributed by atoms with Crippen LogP contribution in [0.4, 0.5) is 0 Å². The van der Waals surface area contributed by atoms with E-state index in [-0.39, 0.29) is 6.61 Å². The summed E-state index contributed by atoms with van der Waals surface area (Å²) in [5.74, 6) is -0.743. The molecule has 0 rings (SSSR count). The predicted molar refractivity (Wildman–Crippen MR) is 61.9 cm³/mol. The summed E-state index contributed by atoms with van der Waals surface area (Å²) in [5.41, 5.74) is 9.49. The molecular weight excluding hydrogens is 232 g/mol. The van der Waals surface area contributed by atoms with E-state index in [1.807, 2.05) is 0 Å². The summed E-state index contributed by atoms with van der Waals surface area (Å²) in [6.07, 6.45) is 0.320. The summed E-state index contributed by atoms with van der Waals surface area (Å²) in [5, 5.41) is 17.5. The molecule has 6 N–H and O–H groups in total. The molecular formula is C9H18N2O4S. The van der Waals surface area contributed by atoms with Crippen LogP contribution in [0.3, 0.4) is 0 Å². The SMILES string of the molecule is CC(CO)(CSCCC(N)C(=O)O)C(N)=O. The fraction of sp³-hybridized carbons (Fsp3) is 0.778. The molecule has 0 aliphatic rings. The average molecular weight is 250 g/mol. The molecule has 0 aliphatic carbocycles. The number of hydrogen-bond acceptors (Lipinski definition) is 5. The van der Waals surface area contributed by atoms with Gasteiger partial charge in [-0.1, -0.05) is 0 Å². The Morgan fingerprint density at radius 1 is 1.50 bits per heavy atom. The minimum absolute atomic E-state index is 0.319. The third-order valence-corrected chi connectivity index (χ3v) is 3.62. The van der Waals surface area contributed by atoms with E-state index in [0.717, 1.165) is 0 Å². The fourth-order valence-corrected chi connectivity index (χ4v) is 2.07. The number of aliphatic hydroxyl groups is 1. The smallest absolute Gasteiger partial charge is 0.320 e. The number of rotatable bonds is 8. The highest BCUT2D eigenvalue weighted by Crippen LogP contribution is 2.22. The monoisotopic (exact) mass is 250 g/mol. The summed E-state index contributed by atoms with van der Waals surface area (Å²) < 4.78 is 0. The molecule has 0 heterocycles. The van der Waals surface area contributed by atoms with Crippen LogP contribution in [-0.4, -0.2) is 46.2 Å². The van der Waals surface area contributed by atoms with Crippen LogP contribution in [0.15, 0.2) is 0 Å². The van der Waals surface area contributed by atoms with Crippen molar-refractivity contribution in [3.05, 3.63) is 0 Å². The Balaban J connectivity index is 3.89. The lowest BCUT2D eigenvalue weighted by molar-refractivity contribution is -0.138. The molecule has 6 nitrogen and oxygen atoms in total. The van der Waals surface area contributed by atoms with Gasteiger partial charge in [-0.3, -0.25) is 9.59 Å². The van der Waals surface area contributed by atoms with Gasteiger partial charge in [-0.15, -0.1) is 0 Å². The predicted octanol–water partition coefficient (Wildman–Crippen LogP) is -0.994. The number of amides is 1. The van der Waals surface area contributed by atoms with Crippen LogP contribution in [-0.2, 0) is 9.59 Å². The first-order chi connectivity index (χ1) is 7.33. The molecule has 0 fully saturated rings. The summed E-state index contributed by atoms with van der Waals surface area (Å²) in [4.78, 5) is 21.4. The minimum atomic E-state index is -1.04. The van der Waals surface area contributed by atoms with Gasteiger partial charge in [0.15, 0.2) is 0 Å². The Morgan fingerprint density at radius 3 is 2.44 bits per heavy atom. The van der Waals surface area contributed by atoms with Gasteiger partial charge in [0.1, 0.15) is 6.04 Å². The average Bonchev–Trinajstić information content (AvgIpc) is 2.23. The van der Waals surface area contributed by atoms with E-state index in [0.29, 0.717) is 17.9 Å². The summed E-state index contributed by atoms with van der Waals surface area (Å²) >= 11 is 1.35. The third-order valence-electron chi connectivity index (χ3n) is 2.25. The molecule has 2 atom stereocenters. The van der Waals surface area contributed by atoms with Crippen molar-refractivity contribution in [2.45, 2.75) is 19.4 Å². The van der Waals surface area contributed by atoms with Crippen LogP contribution >= 0.6 is 11.8 Å². The van der Waals surface area contributed by atoms with Crippen molar-refractivity contribution < 1.29 is 19.8 Å². The standard InChI is InChI=1S/C9H18N2O4S/c1-9(4-12,8(11)15)5-16-3-2-6(10)7(13)14/h6,12H,2-5,10H2,1H3,(H2,11,15)(H,13,14). The second kappa shape index (κ2) is 6.72. The first-order valence-corrected chi connectivity index (χ1v) is 5.96. The summed E-state index contributed by atoms with van der Waals surface area (Å²) in [6, 6.07) is -0.888. The van der Waals surface area contributed by atoms with E-state index in [9.17, 15) is 9.59 Å². The lowest BCUT2D eigenvalue weighted by Crippen LogP contribution is -2.40. The van der Waals surface area contributed by atoms with Crippen LogP contribution in [0.25, 0.3) is 0 Å². The maximum Gasteiger partial charge on any atom is 0.320 e. The molecule has 0 bridgehead atoms. The van der Waals surface area contributed by atoms with Gasteiger partial charge in [-0.25, -0.2) is 0 Å². The van der Waals surface area contributed by atoms with Gasteiger partial charge in [0.25, 0.3) is 0 Å². The van der Waals surface area contributed by atoms with Gasteiger partial charge in [0, 0.05) is 5.75 Å². The van der Waals surface area contributed by atoms with Crippen molar-refractivity contribution in [1.82, 2.24) is 0 Å². The van der Waals surface area contributed by atoms with Crippen molar-refractivity contribution in [2.75, 3.05) is 18.1 Å². The Hall–Kier alpha value is -0.790. The molecule has 0 aromatic rings. The van der Waals surface area contributed by atoms with Crippen molar-refractivity contribution >= 4 is 23.6 Å². The number of thioether (sulfide) groups is 1. The van der Waals surface area contributed by atoms with Gasteiger partial charge in [-0.05, 0) is 19.1 Å². The Bertz CT molecular complexity index is 262. The zero-order valence-electron chi connectivity index (χ0n) is 9.18. The molecule has 0 aromatic heterocycles. The number of carbonyl (C=O) groups is 2. The first kappa shape index (κ1) is 15.2. The lowest BCUT2D eigenvalue weighted by atomic mass is 9.94. The molecule has 0 aliphatic heterocycles. The molecule has 1 amide bonds.